The first-order valence-electron chi connectivity index (χ1n) is 10.8. The number of carbonyl (C=O) groups is 1. The van der Waals surface area contributed by atoms with Gasteiger partial charge in [0.2, 0.25) is 0 Å². The van der Waals surface area contributed by atoms with Gasteiger partial charge in [0.15, 0.2) is 5.82 Å². The van der Waals surface area contributed by atoms with Crippen LogP contribution in [0.4, 0.5) is 22.0 Å². The number of nitrogens with one attached hydrogen (secondary N) is 1. The molecule has 1 aromatic carbocycles. The molecule has 164 valence electrons. The van der Waals surface area contributed by atoms with E-state index in [2.05, 4.69) is 65.1 Å². The Balaban J connectivity index is 1.49. The minimum atomic E-state index is -0.0452. The van der Waals surface area contributed by atoms with Crippen molar-refractivity contribution in [2.75, 3.05) is 55.4 Å². The second-order valence-electron chi connectivity index (χ2n) is 9.33. The molecule has 1 aliphatic heterocycles. The molecule has 7 nitrogen and oxygen atoms in total. The quantitative estimate of drug-likeness (QED) is 0.691. The number of aromatic nitrogens is 2. The Kier molecular flexibility index (Phi) is 5.52. The van der Waals surface area contributed by atoms with Gasteiger partial charge < -0.3 is 20.0 Å². The summed E-state index contributed by atoms with van der Waals surface area (Å²) >= 11 is 0. The Morgan fingerprint density at radius 1 is 1.06 bits per heavy atom. The third-order valence-electron chi connectivity index (χ3n) is 5.55. The van der Waals surface area contributed by atoms with Crippen LogP contribution in [0.25, 0.3) is 10.9 Å². The van der Waals surface area contributed by atoms with E-state index in [0.29, 0.717) is 13.1 Å². The molecule has 7 heteroatoms. The van der Waals surface area contributed by atoms with Gasteiger partial charge in [-0.2, -0.15) is 0 Å². The topological polar surface area (TPSA) is 56.6 Å². The van der Waals surface area contributed by atoms with Crippen LogP contribution < -0.4 is 15.1 Å². The lowest BCUT2D eigenvalue weighted by Gasteiger charge is -2.37. The molecule has 1 aliphatic rings. The standard InChI is InChI=1S/C24H32N6O/c1-24(2,3)26-20-7-6-11-25-22(20)28-13-15-29(16-14-28)23(31)30-12-10-18-8-9-19(27(4)5)17-21(18)30/h6-12,17,26H,13-16H2,1-5H3. The highest BCUT2D eigenvalue weighted by atomic mass is 16.2. The lowest BCUT2D eigenvalue weighted by atomic mass is 10.1. The highest BCUT2D eigenvalue weighted by Crippen LogP contribution is 2.27. The fourth-order valence-corrected chi connectivity index (χ4v) is 3.97. The molecule has 3 heterocycles. The first-order chi connectivity index (χ1) is 14.7. The van der Waals surface area contributed by atoms with Crippen LogP contribution in [0.2, 0.25) is 0 Å². The van der Waals surface area contributed by atoms with Gasteiger partial charge >= 0.3 is 6.03 Å². The van der Waals surface area contributed by atoms with Crippen LogP contribution in [0, 0.1) is 0 Å². The van der Waals surface area contributed by atoms with Gasteiger partial charge in [-0.1, -0.05) is 6.07 Å². The van der Waals surface area contributed by atoms with Gasteiger partial charge in [-0.15, -0.1) is 0 Å². The van der Waals surface area contributed by atoms with Crippen LogP contribution in [0.5, 0.6) is 0 Å². The van der Waals surface area contributed by atoms with Gasteiger partial charge in [-0.3, -0.25) is 4.57 Å². The van der Waals surface area contributed by atoms with Crippen molar-refractivity contribution in [3.05, 3.63) is 48.8 Å². The molecule has 0 aliphatic carbocycles. The summed E-state index contributed by atoms with van der Waals surface area (Å²) in [7, 11) is 4.02. The SMILES string of the molecule is CN(C)c1ccc2ccn(C(=O)N3CCN(c4ncccc4NC(C)(C)C)CC3)c2c1. The average Bonchev–Trinajstić information content (AvgIpc) is 3.16. The number of carbonyl (C=O) groups excluding carboxylic acids is 1. The number of rotatable bonds is 3. The van der Waals surface area contributed by atoms with Gasteiger partial charge in [0.1, 0.15) is 0 Å². The minimum absolute atomic E-state index is 0.0274. The van der Waals surface area contributed by atoms with E-state index in [1.807, 2.05) is 43.5 Å². The van der Waals surface area contributed by atoms with Crippen molar-refractivity contribution in [2.45, 2.75) is 26.3 Å². The molecule has 2 aromatic heterocycles. The summed E-state index contributed by atoms with van der Waals surface area (Å²) in [4.78, 5) is 24.1. The largest absolute Gasteiger partial charge is 0.378 e. The maximum Gasteiger partial charge on any atom is 0.328 e. The summed E-state index contributed by atoms with van der Waals surface area (Å²) in [6.45, 7) is 9.26. The molecule has 4 rings (SSSR count). The number of fused-ring (bicyclic) bond motifs is 1. The Bertz CT molecular complexity index is 1070. The summed E-state index contributed by atoms with van der Waals surface area (Å²) in [5, 5.41) is 4.62. The molecule has 0 atom stereocenters. The molecular formula is C24H32N6O. The molecule has 31 heavy (non-hydrogen) atoms. The molecule has 1 fully saturated rings. The Morgan fingerprint density at radius 3 is 2.48 bits per heavy atom. The maximum absolute atomic E-state index is 13.3. The summed E-state index contributed by atoms with van der Waals surface area (Å²) in [5.41, 5.74) is 3.01. The van der Waals surface area contributed by atoms with E-state index >= 15 is 0 Å². The zero-order valence-electron chi connectivity index (χ0n) is 19.1. The number of hydrogen-bond acceptors (Lipinski definition) is 5. The van der Waals surface area contributed by atoms with E-state index in [4.69, 9.17) is 0 Å². The zero-order chi connectivity index (χ0) is 22.2. The lowest BCUT2D eigenvalue weighted by molar-refractivity contribution is 0.197. The Morgan fingerprint density at radius 2 is 1.81 bits per heavy atom. The molecule has 0 bridgehead atoms. The van der Waals surface area contributed by atoms with E-state index in [1.165, 1.54) is 0 Å². The lowest BCUT2D eigenvalue weighted by Crippen LogP contribution is -2.50. The van der Waals surface area contributed by atoms with Crippen molar-refractivity contribution >= 4 is 34.1 Å². The molecule has 3 aromatic rings. The predicted molar refractivity (Wildman–Crippen MR) is 128 cm³/mol. The first-order valence-corrected chi connectivity index (χ1v) is 10.8. The number of nitrogens with zero attached hydrogens (tertiary/aromatic N) is 5. The minimum Gasteiger partial charge on any atom is -0.378 e. The Labute approximate surface area is 184 Å². The molecular weight excluding hydrogens is 388 g/mol. The number of benzene rings is 1. The molecule has 1 N–H and O–H groups in total. The molecule has 0 unspecified atom stereocenters. The second-order valence-corrected chi connectivity index (χ2v) is 9.33. The van der Waals surface area contributed by atoms with Crippen LogP contribution in [-0.4, -0.2) is 66.3 Å². The average molecular weight is 421 g/mol. The van der Waals surface area contributed by atoms with Crippen molar-refractivity contribution < 1.29 is 4.79 Å². The first kappa shape index (κ1) is 21.0. The maximum atomic E-state index is 13.3. The number of pyridine rings is 1. The zero-order valence-corrected chi connectivity index (χ0v) is 19.1. The number of amides is 1. The summed E-state index contributed by atoms with van der Waals surface area (Å²) in [6, 6.07) is 12.3. The van der Waals surface area contributed by atoms with Crippen molar-refractivity contribution in [1.29, 1.82) is 0 Å². The third-order valence-corrected chi connectivity index (χ3v) is 5.55. The molecule has 0 radical (unpaired) electrons. The summed E-state index contributed by atoms with van der Waals surface area (Å²) in [5.74, 6) is 0.951. The van der Waals surface area contributed by atoms with E-state index in [0.717, 1.165) is 41.2 Å². The predicted octanol–water partition coefficient (Wildman–Crippen LogP) is 4.10. The number of piperazine rings is 1. The van der Waals surface area contributed by atoms with Gasteiger partial charge in [-0.25, -0.2) is 9.78 Å². The van der Waals surface area contributed by atoms with Crippen LogP contribution in [-0.2, 0) is 0 Å². The highest BCUT2D eigenvalue weighted by molar-refractivity contribution is 5.93. The molecule has 0 saturated carbocycles. The van der Waals surface area contributed by atoms with Gasteiger partial charge in [0.25, 0.3) is 0 Å². The van der Waals surface area contributed by atoms with Crippen molar-refractivity contribution in [3.63, 3.8) is 0 Å². The van der Waals surface area contributed by atoms with Crippen LogP contribution in [0.1, 0.15) is 20.8 Å². The van der Waals surface area contributed by atoms with Crippen LogP contribution in [0.3, 0.4) is 0 Å². The van der Waals surface area contributed by atoms with Crippen LogP contribution in [0.15, 0.2) is 48.8 Å². The fraction of sp³-hybridized carbons (Fsp3) is 0.417. The highest BCUT2D eigenvalue weighted by Gasteiger charge is 2.25. The fourth-order valence-electron chi connectivity index (χ4n) is 3.97. The Hall–Kier alpha value is -3.22. The van der Waals surface area contributed by atoms with Crippen molar-refractivity contribution in [3.8, 4) is 0 Å². The smallest absolute Gasteiger partial charge is 0.328 e. The molecule has 0 spiro atoms. The van der Waals surface area contributed by atoms with Crippen molar-refractivity contribution in [2.24, 2.45) is 0 Å². The van der Waals surface area contributed by atoms with Crippen LogP contribution >= 0.6 is 0 Å². The summed E-state index contributed by atoms with van der Waals surface area (Å²) in [6.07, 6.45) is 3.71. The number of hydrogen-bond donors (Lipinski definition) is 1. The van der Waals surface area contributed by atoms with Gasteiger partial charge in [-0.05, 0) is 51.1 Å². The molecule has 1 saturated heterocycles. The van der Waals surface area contributed by atoms with Gasteiger partial charge in [0, 0.05) is 69.3 Å². The monoisotopic (exact) mass is 420 g/mol. The van der Waals surface area contributed by atoms with E-state index in [-0.39, 0.29) is 11.6 Å². The number of anilines is 3. The second kappa shape index (κ2) is 8.13. The van der Waals surface area contributed by atoms with E-state index < -0.39 is 0 Å². The van der Waals surface area contributed by atoms with E-state index in [1.54, 1.807) is 4.57 Å². The normalized spacial score (nSPS) is 14.7. The van der Waals surface area contributed by atoms with E-state index in [9.17, 15) is 4.79 Å². The third kappa shape index (κ3) is 4.45. The van der Waals surface area contributed by atoms with Crippen molar-refractivity contribution in [1.82, 2.24) is 14.5 Å². The molecule has 1 amide bonds. The summed E-state index contributed by atoms with van der Waals surface area (Å²) < 4.78 is 1.77. The van der Waals surface area contributed by atoms with Gasteiger partial charge in [0.05, 0.1) is 11.2 Å².